The van der Waals surface area contributed by atoms with Gasteiger partial charge in [-0.1, -0.05) is 19.1 Å². The number of likely N-dealkylation sites (tertiary alicyclic amines) is 1. The van der Waals surface area contributed by atoms with Crippen LogP contribution in [0.1, 0.15) is 24.9 Å². The highest BCUT2D eigenvalue weighted by molar-refractivity contribution is 6.21. The second kappa shape index (κ2) is 4.50. The fraction of sp³-hybridized carbons (Fsp3) is 0.500. The third kappa shape index (κ3) is 2.32. The van der Waals surface area contributed by atoms with E-state index in [1.54, 1.807) is 12.1 Å². The monoisotopic (exact) mass is 227 g/mol. The Labute approximate surface area is 94.8 Å². The molecule has 1 nitrogen and oxygen atoms in total. The Hall–Kier alpha value is -0.600. The van der Waals surface area contributed by atoms with E-state index in [1.165, 1.54) is 6.07 Å². The molecule has 1 fully saturated rings. The summed E-state index contributed by atoms with van der Waals surface area (Å²) in [5.41, 5.74) is 1.04. The Kier molecular flexibility index (Phi) is 3.27. The van der Waals surface area contributed by atoms with Crippen molar-refractivity contribution in [2.75, 3.05) is 13.1 Å². The van der Waals surface area contributed by atoms with Gasteiger partial charge in [-0.2, -0.15) is 0 Å². The third-order valence-electron chi connectivity index (χ3n) is 2.99. The summed E-state index contributed by atoms with van der Waals surface area (Å²) < 4.78 is 13.1. The maximum Gasteiger partial charge on any atom is 0.123 e. The number of hydrogen-bond donors (Lipinski definition) is 0. The van der Waals surface area contributed by atoms with Gasteiger partial charge < -0.3 is 0 Å². The summed E-state index contributed by atoms with van der Waals surface area (Å²) in [6.45, 7) is 3.98. The molecule has 15 heavy (non-hydrogen) atoms. The maximum atomic E-state index is 13.1. The molecule has 1 heterocycles. The molecule has 1 aromatic carbocycles. The van der Waals surface area contributed by atoms with Crippen LogP contribution in [0.2, 0.25) is 0 Å². The molecule has 2 atom stereocenters. The van der Waals surface area contributed by atoms with Gasteiger partial charge in [0, 0.05) is 18.0 Å². The lowest BCUT2D eigenvalue weighted by Crippen LogP contribution is -2.23. The van der Waals surface area contributed by atoms with Crippen LogP contribution in [0.15, 0.2) is 24.3 Å². The van der Waals surface area contributed by atoms with Crippen molar-refractivity contribution in [1.29, 1.82) is 0 Å². The lowest BCUT2D eigenvalue weighted by Gasteiger charge is -2.22. The SMILES string of the molecule is CCN1CC(Cl)CC1c1cccc(F)c1. The lowest BCUT2D eigenvalue weighted by atomic mass is 10.0. The van der Waals surface area contributed by atoms with E-state index in [2.05, 4.69) is 11.8 Å². The fourth-order valence-corrected chi connectivity index (χ4v) is 2.60. The molecule has 3 heteroatoms. The van der Waals surface area contributed by atoms with Crippen LogP contribution in [0.4, 0.5) is 4.39 Å². The number of rotatable bonds is 2. The molecule has 0 aliphatic carbocycles. The topological polar surface area (TPSA) is 3.24 Å². The summed E-state index contributed by atoms with van der Waals surface area (Å²) in [6.07, 6.45) is 0.916. The Morgan fingerprint density at radius 3 is 3.00 bits per heavy atom. The summed E-state index contributed by atoms with van der Waals surface area (Å²) in [7, 11) is 0. The van der Waals surface area contributed by atoms with Crippen molar-refractivity contribution in [1.82, 2.24) is 4.90 Å². The number of hydrogen-bond acceptors (Lipinski definition) is 1. The van der Waals surface area contributed by atoms with Gasteiger partial charge in [0.1, 0.15) is 5.82 Å². The third-order valence-corrected chi connectivity index (χ3v) is 3.31. The zero-order chi connectivity index (χ0) is 10.8. The van der Waals surface area contributed by atoms with Gasteiger partial charge in [0.25, 0.3) is 0 Å². The summed E-state index contributed by atoms with van der Waals surface area (Å²) in [6, 6.07) is 7.12. The van der Waals surface area contributed by atoms with E-state index in [0.717, 1.165) is 25.1 Å². The van der Waals surface area contributed by atoms with Crippen molar-refractivity contribution >= 4 is 11.6 Å². The van der Waals surface area contributed by atoms with E-state index in [0.29, 0.717) is 0 Å². The van der Waals surface area contributed by atoms with Crippen LogP contribution in [-0.4, -0.2) is 23.4 Å². The van der Waals surface area contributed by atoms with Crippen LogP contribution in [0.25, 0.3) is 0 Å². The minimum absolute atomic E-state index is 0.165. The van der Waals surface area contributed by atoms with Crippen molar-refractivity contribution in [2.24, 2.45) is 0 Å². The minimum atomic E-state index is -0.165. The van der Waals surface area contributed by atoms with Gasteiger partial charge in [-0.25, -0.2) is 4.39 Å². The van der Waals surface area contributed by atoms with Crippen LogP contribution >= 0.6 is 11.6 Å². The molecule has 82 valence electrons. The number of benzene rings is 1. The lowest BCUT2D eigenvalue weighted by molar-refractivity contribution is 0.271. The predicted molar refractivity (Wildman–Crippen MR) is 60.6 cm³/mol. The van der Waals surface area contributed by atoms with E-state index >= 15 is 0 Å². The van der Waals surface area contributed by atoms with Gasteiger partial charge in [-0.3, -0.25) is 4.90 Å². The molecular formula is C12H15ClFN. The molecule has 1 aliphatic rings. The summed E-state index contributed by atoms with van der Waals surface area (Å²) in [5, 5.41) is 0.193. The van der Waals surface area contributed by atoms with E-state index in [1.807, 2.05) is 6.07 Å². The molecule has 0 N–H and O–H groups in total. The second-order valence-corrected chi connectivity index (χ2v) is 4.61. The molecule has 0 radical (unpaired) electrons. The maximum absolute atomic E-state index is 13.1. The smallest absolute Gasteiger partial charge is 0.123 e. The van der Waals surface area contributed by atoms with Gasteiger partial charge >= 0.3 is 0 Å². The highest BCUT2D eigenvalue weighted by Gasteiger charge is 2.30. The van der Waals surface area contributed by atoms with E-state index in [9.17, 15) is 4.39 Å². The second-order valence-electron chi connectivity index (χ2n) is 3.99. The summed E-state index contributed by atoms with van der Waals surface area (Å²) in [4.78, 5) is 2.30. The van der Waals surface area contributed by atoms with Gasteiger partial charge in [-0.05, 0) is 30.7 Å². The van der Waals surface area contributed by atoms with Gasteiger partial charge in [-0.15, -0.1) is 11.6 Å². The largest absolute Gasteiger partial charge is 0.295 e. The first kappa shape index (κ1) is 10.9. The van der Waals surface area contributed by atoms with Crippen LogP contribution in [0.3, 0.4) is 0 Å². The molecular weight excluding hydrogens is 213 g/mol. The summed E-state index contributed by atoms with van der Waals surface area (Å²) >= 11 is 6.13. The van der Waals surface area contributed by atoms with Crippen molar-refractivity contribution < 1.29 is 4.39 Å². The molecule has 0 amide bonds. The molecule has 0 aromatic heterocycles. The van der Waals surface area contributed by atoms with Crippen molar-refractivity contribution in [3.8, 4) is 0 Å². The first-order valence-electron chi connectivity index (χ1n) is 5.34. The van der Waals surface area contributed by atoms with Crippen LogP contribution in [0.5, 0.6) is 0 Å². The molecule has 2 rings (SSSR count). The standard InChI is InChI=1S/C12H15ClFN/c1-2-15-8-10(13)7-12(15)9-4-3-5-11(14)6-9/h3-6,10,12H,2,7-8H2,1H3. The van der Waals surface area contributed by atoms with Crippen molar-refractivity contribution in [3.63, 3.8) is 0 Å². The molecule has 1 saturated heterocycles. The van der Waals surface area contributed by atoms with E-state index < -0.39 is 0 Å². The quantitative estimate of drug-likeness (QED) is 0.702. The first-order chi connectivity index (χ1) is 7.20. The van der Waals surface area contributed by atoms with Gasteiger partial charge in [0.05, 0.1) is 0 Å². The summed E-state index contributed by atoms with van der Waals surface area (Å²) in [5.74, 6) is -0.165. The zero-order valence-corrected chi connectivity index (χ0v) is 9.54. The Morgan fingerprint density at radius 2 is 2.33 bits per heavy atom. The Morgan fingerprint density at radius 1 is 1.53 bits per heavy atom. The molecule has 0 saturated carbocycles. The average molecular weight is 228 g/mol. The molecule has 0 bridgehead atoms. The molecule has 1 aliphatic heterocycles. The number of halogens is 2. The Bertz CT molecular complexity index is 342. The number of alkyl halides is 1. The molecule has 2 unspecified atom stereocenters. The van der Waals surface area contributed by atoms with Crippen LogP contribution < -0.4 is 0 Å². The molecule has 0 spiro atoms. The highest BCUT2D eigenvalue weighted by Crippen LogP contribution is 2.34. The number of nitrogens with zero attached hydrogens (tertiary/aromatic N) is 1. The van der Waals surface area contributed by atoms with Crippen LogP contribution in [-0.2, 0) is 0 Å². The Balaban J connectivity index is 2.22. The average Bonchev–Trinajstić information content (AvgIpc) is 2.59. The zero-order valence-electron chi connectivity index (χ0n) is 8.79. The normalized spacial score (nSPS) is 27.1. The first-order valence-corrected chi connectivity index (χ1v) is 5.78. The van der Waals surface area contributed by atoms with Gasteiger partial charge in [0.15, 0.2) is 0 Å². The van der Waals surface area contributed by atoms with Crippen LogP contribution in [0, 0.1) is 5.82 Å². The van der Waals surface area contributed by atoms with Crippen molar-refractivity contribution in [3.05, 3.63) is 35.6 Å². The minimum Gasteiger partial charge on any atom is -0.295 e. The fourth-order valence-electron chi connectivity index (χ4n) is 2.26. The highest BCUT2D eigenvalue weighted by atomic mass is 35.5. The predicted octanol–water partition coefficient (Wildman–Crippen LogP) is 3.20. The van der Waals surface area contributed by atoms with E-state index in [4.69, 9.17) is 11.6 Å². The van der Waals surface area contributed by atoms with Gasteiger partial charge in [0.2, 0.25) is 0 Å². The molecule has 1 aromatic rings. The van der Waals surface area contributed by atoms with Crippen molar-refractivity contribution in [2.45, 2.75) is 24.8 Å². The van der Waals surface area contributed by atoms with E-state index in [-0.39, 0.29) is 17.2 Å².